The van der Waals surface area contributed by atoms with Gasteiger partial charge in [0.05, 0.1) is 12.1 Å². The van der Waals surface area contributed by atoms with Crippen molar-refractivity contribution in [2.24, 2.45) is 16.3 Å². The van der Waals surface area contributed by atoms with Crippen molar-refractivity contribution < 1.29 is 0 Å². The highest BCUT2D eigenvalue weighted by Gasteiger charge is 2.31. The first-order chi connectivity index (χ1) is 4.86. The second-order valence-corrected chi connectivity index (χ2v) is 3.44. The van der Waals surface area contributed by atoms with E-state index in [0.717, 1.165) is 5.92 Å². The molecule has 3 heteroatoms. The van der Waals surface area contributed by atoms with Gasteiger partial charge in [0.25, 0.3) is 0 Å². The van der Waals surface area contributed by atoms with Gasteiger partial charge in [0, 0.05) is 0 Å². The standard InChI is InChI=1S/C7H13N3/c1-5-2-3-6-7(4-5)9-10-8-6/h5-7H,2-4H2,1H3,(H,8,9). The summed E-state index contributed by atoms with van der Waals surface area (Å²) in [4.78, 5) is 0. The SMILES string of the molecule is CC1CCC2N=NNC2C1. The van der Waals surface area contributed by atoms with Crippen LogP contribution in [0, 0.1) is 5.92 Å². The Bertz CT molecular complexity index is 155. The molecule has 0 bridgehead atoms. The Morgan fingerprint density at radius 1 is 1.40 bits per heavy atom. The molecule has 1 aliphatic carbocycles. The summed E-state index contributed by atoms with van der Waals surface area (Å²) in [5.74, 6) is 0.859. The first-order valence-electron chi connectivity index (χ1n) is 4.01. The van der Waals surface area contributed by atoms with Crippen molar-refractivity contribution in [3.63, 3.8) is 0 Å². The highest BCUT2D eigenvalue weighted by Crippen LogP contribution is 2.28. The van der Waals surface area contributed by atoms with Gasteiger partial charge in [-0.05, 0) is 25.2 Å². The van der Waals surface area contributed by atoms with Gasteiger partial charge in [0.2, 0.25) is 0 Å². The van der Waals surface area contributed by atoms with Crippen LogP contribution in [0.15, 0.2) is 10.3 Å². The van der Waals surface area contributed by atoms with Gasteiger partial charge >= 0.3 is 0 Å². The van der Waals surface area contributed by atoms with E-state index in [1.807, 2.05) is 0 Å². The maximum absolute atomic E-state index is 4.11. The van der Waals surface area contributed by atoms with Crippen molar-refractivity contribution in [2.45, 2.75) is 38.3 Å². The zero-order valence-electron chi connectivity index (χ0n) is 6.25. The largest absolute Gasteiger partial charge is 0.286 e. The van der Waals surface area contributed by atoms with Crippen molar-refractivity contribution in [3.05, 3.63) is 0 Å². The maximum Gasteiger partial charge on any atom is 0.0947 e. The van der Waals surface area contributed by atoms with Gasteiger partial charge in [0.1, 0.15) is 0 Å². The first-order valence-corrected chi connectivity index (χ1v) is 4.01. The third kappa shape index (κ3) is 0.895. The zero-order chi connectivity index (χ0) is 6.97. The predicted octanol–water partition coefficient (Wildman–Crippen LogP) is 1.51. The molecule has 0 aromatic rings. The fourth-order valence-corrected chi connectivity index (χ4v) is 1.82. The molecular formula is C7H13N3. The predicted molar refractivity (Wildman–Crippen MR) is 38.6 cm³/mol. The van der Waals surface area contributed by atoms with Crippen LogP contribution >= 0.6 is 0 Å². The molecule has 2 rings (SSSR count). The van der Waals surface area contributed by atoms with E-state index in [0.29, 0.717) is 12.1 Å². The smallest absolute Gasteiger partial charge is 0.0947 e. The van der Waals surface area contributed by atoms with Crippen molar-refractivity contribution in [2.75, 3.05) is 0 Å². The summed E-state index contributed by atoms with van der Waals surface area (Å²) >= 11 is 0. The minimum absolute atomic E-state index is 0.496. The Balaban J connectivity index is 2.01. The zero-order valence-corrected chi connectivity index (χ0v) is 6.25. The maximum atomic E-state index is 4.11. The lowest BCUT2D eigenvalue weighted by molar-refractivity contribution is 0.302. The average Bonchev–Trinajstić information content (AvgIpc) is 2.33. The van der Waals surface area contributed by atoms with E-state index in [4.69, 9.17) is 0 Å². The van der Waals surface area contributed by atoms with Crippen LogP contribution in [0.2, 0.25) is 0 Å². The number of nitrogens with one attached hydrogen (secondary N) is 1. The third-order valence-electron chi connectivity index (χ3n) is 2.51. The molecule has 1 aliphatic heterocycles. The second-order valence-electron chi connectivity index (χ2n) is 3.44. The Morgan fingerprint density at radius 2 is 2.30 bits per heavy atom. The highest BCUT2D eigenvalue weighted by atomic mass is 15.5. The molecule has 0 radical (unpaired) electrons. The third-order valence-corrected chi connectivity index (χ3v) is 2.51. The Kier molecular flexibility index (Phi) is 1.36. The van der Waals surface area contributed by atoms with Crippen LogP contribution in [-0.2, 0) is 0 Å². The van der Waals surface area contributed by atoms with Crippen LogP contribution in [0.1, 0.15) is 26.2 Å². The number of nitrogens with zero attached hydrogens (tertiary/aromatic N) is 2. The highest BCUT2D eigenvalue weighted by molar-refractivity contribution is 4.89. The molecule has 1 N–H and O–H groups in total. The molecule has 0 spiro atoms. The lowest BCUT2D eigenvalue weighted by atomic mass is 9.84. The second kappa shape index (κ2) is 2.22. The van der Waals surface area contributed by atoms with E-state index in [9.17, 15) is 0 Å². The molecule has 1 saturated carbocycles. The number of hydrogen-bond donors (Lipinski definition) is 1. The molecule has 2 aliphatic rings. The molecule has 3 unspecified atom stereocenters. The number of hydrogen-bond acceptors (Lipinski definition) is 3. The van der Waals surface area contributed by atoms with Crippen molar-refractivity contribution in [1.29, 1.82) is 0 Å². The van der Waals surface area contributed by atoms with Crippen LogP contribution in [-0.4, -0.2) is 12.1 Å². The van der Waals surface area contributed by atoms with E-state index in [1.165, 1.54) is 19.3 Å². The first kappa shape index (κ1) is 6.13. The van der Waals surface area contributed by atoms with Crippen LogP contribution < -0.4 is 5.43 Å². The van der Waals surface area contributed by atoms with E-state index in [-0.39, 0.29) is 0 Å². The molecule has 0 amide bonds. The van der Waals surface area contributed by atoms with E-state index in [1.54, 1.807) is 0 Å². The number of rotatable bonds is 0. The van der Waals surface area contributed by atoms with Gasteiger partial charge in [0.15, 0.2) is 0 Å². The molecule has 3 nitrogen and oxygen atoms in total. The van der Waals surface area contributed by atoms with Gasteiger partial charge in [-0.15, -0.1) is 0 Å². The van der Waals surface area contributed by atoms with Gasteiger partial charge in [-0.1, -0.05) is 12.1 Å². The molecule has 0 aromatic carbocycles. The summed E-state index contributed by atoms with van der Waals surface area (Å²) in [6, 6.07) is 1.06. The summed E-state index contributed by atoms with van der Waals surface area (Å²) in [6.07, 6.45) is 3.79. The lowest BCUT2D eigenvalue weighted by Crippen LogP contribution is -2.36. The van der Waals surface area contributed by atoms with Crippen molar-refractivity contribution in [1.82, 2.24) is 5.43 Å². The summed E-state index contributed by atoms with van der Waals surface area (Å²) < 4.78 is 0. The van der Waals surface area contributed by atoms with Crippen LogP contribution in [0.4, 0.5) is 0 Å². The number of fused-ring (bicyclic) bond motifs is 1. The minimum Gasteiger partial charge on any atom is -0.286 e. The lowest BCUT2D eigenvalue weighted by Gasteiger charge is -2.26. The van der Waals surface area contributed by atoms with Crippen LogP contribution in [0.25, 0.3) is 0 Å². The Hall–Kier alpha value is -0.600. The fraction of sp³-hybridized carbons (Fsp3) is 1.00. The summed E-state index contributed by atoms with van der Waals surface area (Å²) in [5, 5.41) is 7.94. The van der Waals surface area contributed by atoms with E-state index >= 15 is 0 Å². The Morgan fingerprint density at radius 3 is 3.20 bits per heavy atom. The van der Waals surface area contributed by atoms with Crippen LogP contribution in [0.3, 0.4) is 0 Å². The quantitative estimate of drug-likeness (QED) is 0.542. The van der Waals surface area contributed by atoms with Gasteiger partial charge < -0.3 is 0 Å². The van der Waals surface area contributed by atoms with Crippen molar-refractivity contribution in [3.8, 4) is 0 Å². The fourth-order valence-electron chi connectivity index (χ4n) is 1.82. The molecule has 3 atom stereocenters. The normalized spacial score (nSPS) is 44.7. The van der Waals surface area contributed by atoms with Gasteiger partial charge in [-0.3, -0.25) is 5.43 Å². The summed E-state index contributed by atoms with van der Waals surface area (Å²) in [5.41, 5.74) is 3.05. The van der Waals surface area contributed by atoms with Crippen molar-refractivity contribution >= 4 is 0 Å². The Labute approximate surface area is 60.9 Å². The van der Waals surface area contributed by atoms with Gasteiger partial charge in [-0.2, -0.15) is 5.11 Å². The average molecular weight is 139 g/mol. The minimum atomic E-state index is 0.496. The summed E-state index contributed by atoms with van der Waals surface area (Å²) in [7, 11) is 0. The van der Waals surface area contributed by atoms with Gasteiger partial charge in [-0.25, -0.2) is 0 Å². The summed E-state index contributed by atoms with van der Waals surface area (Å²) in [6.45, 7) is 2.30. The molecule has 1 fully saturated rings. The molecule has 10 heavy (non-hydrogen) atoms. The monoisotopic (exact) mass is 139 g/mol. The van der Waals surface area contributed by atoms with E-state index < -0.39 is 0 Å². The molecule has 56 valence electrons. The van der Waals surface area contributed by atoms with Crippen LogP contribution in [0.5, 0.6) is 0 Å². The molecule has 1 heterocycles. The molecule has 0 aromatic heterocycles. The van der Waals surface area contributed by atoms with E-state index in [2.05, 4.69) is 22.7 Å². The topological polar surface area (TPSA) is 36.8 Å². The molecular weight excluding hydrogens is 126 g/mol. The molecule has 0 saturated heterocycles.